The molecule has 0 aliphatic rings. The number of amides is 1. The third-order valence-electron chi connectivity index (χ3n) is 2.24. The topological polar surface area (TPSA) is 83.6 Å². The molecule has 6 nitrogen and oxygen atoms in total. The monoisotopic (exact) mass is 251 g/mol. The van der Waals surface area contributed by atoms with Gasteiger partial charge in [-0.2, -0.15) is 5.21 Å². The first-order valence-corrected chi connectivity index (χ1v) is 5.34. The maximum Gasteiger partial charge on any atom is 0.293 e. The molecule has 0 aliphatic carbocycles. The van der Waals surface area contributed by atoms with Crippen LogP contribution in [0.25, 0.3) is 0 Å². The molecule has 1 unspecified atom stereocenters. The molecular formula is C10H10ClN5O. The number of nitrogens with zero attached hydrogens (tertiary/aromatic N) is 3. The SMILES string of the molecule is CC(NC(=O)c1nn[nH]n1)c1cccc(Cl)c1. The van der Waals surface area contributed by atoms with E-state index in [0.29, 0.717) is 5.02 Å². The normalized spacial score (nSPS) is 12.1. The molecule has 0 saturated carbocycles. The largest absolute Gasteiger partial charge is 0.343 e. The van der Waals surface area contributed by atoms with E-state index in [2.05, 4.69) is 25.9 Å². The van der Waals surface area contributed by atoms with Gasteiger partial charge in [-0.3, -0.25) is 4.79 Å². The van der Waals surface area contributed by atoms with Crippen molar-refractivity contribution in [1.82, 2.24) is 25.9 Å². The van der Waals surface area contributed by atoms with E-state index in [9.17, 15) is 4.79 Å². The summed E-state index contributed by atoms with van der Waals surface area (Å²) in [5.74, 6) is -0.370. The van der Waals surface area contributed by atoms with Gasteiger partial charge in [0.05, 0.1) is 6.04 Å². The van der Waals surface area contributed by atoms with E-state index in [1.807, 2.05) is 19.1 Å². The number of H-pyrrole nitrogens is 1. The summed E-state index contributed by atoms with van der Waals surface area (Å²) in [6, 6.07) is 7.10. The van der Waals surface area contributed by atoms with Gasteiger partial charge < -0.3 is 5.32 Å². The molecule has 0 saturated heterocycles. The Morgan fingerprint density at radius 1 is 1.53 bits per heavy atom. The average Bonchev–Trinajstić information content (AvgIpc) is 2.82. The molecule has 1 amide bonds. The van der Waals surface area contributed by atoms with E-state index in [1.165, 1.54) is 0 Å². The van der Waals surface area contributed by atoms with Crippen LogP contribution in [0.2, 0.25) is 5.02 Å². The zero-order chi connectivity index (χ0) is 12.3. The summed E-state index contributed by atoms with van der Waals surface area (Å²) in [7, 11) is 0. The summed E-state index contributed by atoms with van der Waals surface area (Å²) in [5.41, 5.74) is 0.911. The summed E-state index contributed by atoms with van der Waals surface area (Å²) in [5, 5.41) is 16.1. The van der Waals surface area contributed by atoms with Crippen molar-refractivity contribution in [3.05, 3.63) is 40.7 Å². The van der Waals surface area contributed by atoms with Gasteiger partial charge >= 0.3 is 0 Å². The second-order valence-electron chi connectivity index (χ2n) is 3.49. The minimum absolute atomic E-state index is 0.0129. The number of rotatable bonds is 3. The Bertz CT molecular complexity index is 513. The van der Waals surface area contributed by atoms with Crippen molar-refractivity contribution in [2.24, 2.45) is 0 Å². The fourth-order valence-corrected chi connectivity index (χ4v) is 1.58. The smallest absolute Gasteiger partial charge is 0.293 e. The van der Waals surface area contributed by atoms with Crippen LogP contribution < -0.4 is 5.32 Å². The number of aromatic nitrogens is 4. The Labute approximate surface area is 102 Å². The van der Waals surface area contributed by atoms with Crippen molar-refractivity contribution in [2.75, 3.05) is 0 Å². The van der Waals surface area contributed by atoms with Crippen LogP contribution in [-0.4, -0.2) is 26.5 Å². The first-order chi connectivity index (χ1) is 8.16. The number of hydrogen-bond acceptors (Lipinski definition) is 4. The minimum atomic E-state index is -0.383. The standard InChI is InChI=1S/C10H10ClN5O/c1-6(7-3-2-4-8(11)5-7)12-10(17)9-13-15-16-14-9/h2-6H,1H3,(H,12,17)(H,13,14,15,16). The highest BCUT2D eigenvalue weighted by molar-refractivity contribution is 6.30. The van der Waals surface area contributed by atoms with Gasteiger partial charge in [0.15, 0.2) is 0 Å². The molecule has 1 aromatic heterocycles. The summed E-state index contributed by atoms with van der Waals surface area (Å²) in [6.07, 6.45) is 0. The van der Waals surface area contributed by atoms with Crippen molar-refractivity contribution >= 4 is 17.5 Å². The predicted octanol–water partition coefficient (Wildman–Crippen LogP) is 1.34. The molecule has 7 heteroatoms. The summed E-state index contributed by atoms with van der Waals surface area (Å²) in [6.45, 7) is 1.85. The Kier molecular flexibility index (Phi) is 3.34. The number of carbonyl (C=O) groups excluding carboxylic acids is 1. The van der Waals surface area contributed by atoms with E-state index in [1.54, 1.807) is 12.1 Å². The number of hydrogen-bond donors (Lipinski definition) is 2. The number of benzene rings is 1. The lowest BCUT2D eigenvalue weighted by atomic mass is 10.1. The molecule has 1 aromatic carbocycles. The first-order valence-electron chi connectivity index (χ1n) is 4.96. The van der Waals surface area contributed by atoms with Crippen LogP contribution in [0.3, 0.4) is 0 Å². The molecule has 0 bridgehead atoms. The van der Waals surface area contributed by atoms with Gasteiger partial charge in [-0.05, 0) is 29.8 Å². The maximum atomic E-state index is 11.6. The van der Waals surface area contributed by atoms with Crippen LogP contribution in [0.1, 0.15) is 29.1 Å². The van der Waals surface area contributed by atoms with Gasteiger partial charge in [-0.15, -0.1) is 10.2 Å². The van der Waals surface area contributed by atoms with Crippen molar-refractivity contribution in [2.45, 2.75) is 13.0 Å². The zero-order valence-electron chi connectivity index (χ0n) is 9.01. The molecule has 2 aromatic rings. The van der Waals surface area contributed by atoms with E-state index in [0.717, 1.165) is 5.56 Å². The third kappa shape index (κ3) is 2.79. The molecule has 1 heterocycles. The summed E-state index contributed by atoms with van der Waals surface area (Å²) >= 11 is 5.87. The lowest BCUT2D eigenvalue weighted by Gasteiger charge is -2.12. The summed E-state index contributed by atoms with van der Waals surface area (Å²) in [4.78, 5) is 11.6. The van der Waals surface area contributed by atoms with E-state index < -0.39 is 0 Å². The lowest BCUT2D eigenvalue weighted by Crippen LogP contribution is -2.27. The van der Waals surface area contributed by atoms with Gasteiger partial charge in [0.1, 0.15) is 0 Å². The highest BCUT2D eigenvalue weighted by Gasteiger charge is 2.14. The summed E-state index contributed by atoms with van der Waals surface area (Å²) < 4.78 is 0. The average molecular weight is 252 g/mol. The minimum Gasteiger partial charge on any atom is -0.343 e. The second kappa shape index (κ2) is 4.92. The number of nitrogens with one attached hydrogen (secondary N) is 2. The molecule has 0 spiro atoms. The Morgan fingerprint density at radius 3 is 3.00 bits per heavy atom. The number of aromatic amines is 1. The maximum absolute atomic E-state index is 11.6. The van der Waals surface area contributed by atoms with Gasteiger partial charge in [-0.25, -0.2) is 0 Å². The first kappa shape index (κ1) is 11.5. The van der Waals surface area contributed by atoms with Gasteiger partial charge in [0.25, 0.3) is 11.7 Å². The van der Waals surface area contributed by atoms with Crippen molar-refractivity contribution in [3.63, 3.8) is 0 Å². The van der Waals surface area contributed by atoms with Gasteiger partial charge in [0.2, 0.25) is 0 Å². The van der Waals surface area contributed by atoms with Crippen molar-refractivity contribution in [3.8, 4) is 0 Å². The van der Waals surface area contributed by atoms with Crippen LogP contribution in [-0.2, 0) is 0 Å². The molecule has 2 N–H and O–H groups in total. The molecule has 0 aliphatic heterocycles. The Hall–Kier alpha value is -1.95. The number of halogens is 1. The van der Waals surface area contributed by atoms with Crippen LogP contribution in [0.4, 0.5) is 0 Å². The molecule has 0 radical (unpaired) electrons. The van der Waals surface area contributed by atoms with E-state index in [-0.39, 0.29) is 17.8 Å². The van der Waals surface area contributed by atoms with Crippen LogP contribution >= 0.6 is 11.6 Å². The highest BCUT2D eigenvalue weighted by Crippen LogP contribution is 2.17. The fraction of sp³-hybridized carbons (Fsp3) is 0.200. The van der Waals surface area contributed by atoms with Gasteiger partial charge in [0, 0.05) is 5.02 Å². The lowest BCUT2D eigenvalue weighted by molar-refractivity contribution is 0.0929. The van der Waals surface area contributed by atoms with Crippen molar-refractivity contribution < 1.29 is 4.79 Å². The quantitative estimate of drug-likeness (QED) is 0.862. The Balaban J connectivity index is 2.07. The van der Waals surface area contributed by atoms with E-state index >= 15 is 0 Å². The zero-order valence-corrected chi connectivity index (χ0v) is 9.77. The molecule has 17 heavy (non-hydrogen) atoms. The predicted molar refractivity (Wildman–Crippen MR) is 61.5 cm³/mol. The molecule has 0 fully saturated rings. The van der Waals surface area contributed by atoms with E-state index in [4.69, 9.17) is 11.6 Å². The van der Waals surface area contributed by atoms with Crippen LogP contribution in [0, 0.1) is 0 Å². The number of carbonyl (C=O) groups is 1. The van der Waals surface area contributed by atoms with Crippen LogP contribution in [0.5, 0.6) is 0 Å². The second-order valence-corrected chi connectivity index (χ2v) is 3.92. The molecule has 88 valence electrons. The highest BCUT2D eigenvalue weighted by atomic mass is 35.5. The van der Waals surface area contributed by atoms with Gasteiger partial charge in [-0.1, -0.05) is 23.7 Å². The van der Waals surface area contributed by atoms with Crippen LogP contribution in [0.15, 0.2) is 24.3 Å². The molecular weight excluding hydrogens is 242 g/mol. The molecule has 2 rings (SSSR count). The Morgan fingerprint density at radius 2 is 2.35 bits per heavy atom. The van der Waals surface area contributed by atoms with Crippen molar-refractivity contribution in [1.29, 1.82) is 0 Å². The molecule has 1 atom stereocenters. The fourth-order valence-electron chi connectivity index (χ4n) is 1.38. The number of tetrazole rings is 1. The third-order valence-corrected chi connectivity index (χ3v) is 2.48.